The van der Waals surface area contributed by atoms with Gasteiger partial charge in [-0.25, -0.2) is 17.7 Å². The van der Waals surface area contributed by atoms with E-state index in [0.29, 0.717) is 5.13 Å². The van der Waals surface area contributed by atoms with Gasteiger partial charge in [-0.2, -0.15) is 0 Å². The van der Waals surface area contributed by atoms with Crippen molar-refractivity contribution >= 4 is 32.4 Å². The zero-order valence-electron chi connectivity index (χ0n) is 18.2. The molecule has 9 heteroatoms. The number of anilines is 1. The van der Waals surface area contributed by atoms with Gasteiger partial charge in [-0.05, 0) is 61.1 Å². The summed E-state index contributed by atoms with van der Waals surface area (Å²) in [4.78, 5) is 17.3. The maximum atomic E-state index is 12.8. The molecule has 0 saturated carbocycles. The van der Waals surface area contributed by atoms with E-state index in [0.717, 1.165) is 28.4 Å². The number of carbonyl (C=O) groups excluding carboxylic acids is 1. The summed E-state index contributed by atoms with van der Waals surface area (Å²) in [6.45, 7) is 0. The molecule has 2 aromatic carbocycles. The molecule has 4 rings (SSSR count). The molecular weight excluding hydrogens is 446 g/mol. The van der Waals surface area contributed by atoms with Gasteiger partial charge >= 0.3 is 0 Å². The first-order valence-electron chi connectivity index (χ1n) is 10.3. The zero-order chi connectivity index (χ0) is 22.9. The number of aryl methyl sites for hydroxylation is 2. The minimum absolute atomic E-state index is 0.0634. The van der Waals surface area contributed by atoms with Crippen molar-refractivity contribution < 1.29 is 17.9 Å². The molecule has 1 aliphatic carbocycles. The molecule has 0 bridgehead atoms. The Morgan fingerprint density at radius 3 is 2.56 bits per heavy atom. The molecular formula is C23H25N3O4S2. The molecule has 1 aliphatic rings. The quantitative estimate of drug-likeness (QED) is 0.582. The number of aromatic nitrogens is 1. The zero-order valence-corrected chi connectivity index (χ0v) is 19.8. The predicted octanol–water partition coefficient (Wildman–Crippen LogP) is 4.20. The minimum Gasteiger partial charge on any atom is -0.495 e. The third-order valence-corrected chi connectivity index (χ3v) is 8.15. The van der Waals surface area contributed by atoms with E-state index in [1.54, 1.807) is 0 Å². The highest BCUT2D eigenvalue weighted by Crippen LogP contribution is 2.31. The van der Waals surface area contributed by atoms with Crippen LogP contribution in [0.3, 0.4) is 0 Å². The summed E-state index contributed by atoms with van der Waals surface area (Å²) in [7, 11) is 0.477. The lowest BCUT2D eigenvalue weighted by molar-refractivity contribution is 0.102. The van der Waals surface area contributed by atoms with Crippen LogP contribution >= 0.6 is 11.3 Å². The van der Waals surface area contributed by atoms with Gasteiger partial charge in [-0.15, -0.1) is 11.3 Å². The van der Waals surface area contributed by atoms with Gasteiger partial charge in [-0.3, -0.25) is 10.1 Å². The van der Waals surface area contributed by atoms with E-state index in [1.807, 2.05) is 5.38 Å². The van der Waals surface area contributed by atoms with Crippen LogP contribution in [-0.4, -0.2) is 44.8 Å². The highest BCUT2D eigenvalue weighted by Gasteiger charge is 2.24. The molecule has 0 saturated heterocycles. The van der Waals surface area contributed by atoms with Gasteiger partial charge in [0.25, 0.3) is 5.91 Å². The van der Waals surface area contributed by atoms with Gasteiger partial charge in [0.15, 0.2) is 5.13 Å². The molecule has 1 N–H and O–H groups in total. The molecule has 1 amide bonds. The topological polar surface area (TPSA) is 88.6 Å². The van der Waals surface area contributed by atoms with Crippen LogP contribution in [0.5, 0.6) is 5.75 Å². The van der Waals surface area contributed by atoms with Crippen molar-refractivity contribution in [2.24, 2.45) is 0 Å². The Labute approximate surface area is 192 Å². The smallest absolute Gasteiger partial charge is 0.257 e. The van der Waals surface area contributed by atoms with E-state index >= 15 is 0 Å². The molecule has 0 fully saturated rings. The largest absolute Gasteiger partial charge is 0.495 e. The van der Waals surface area contributed by atoms with E-state index in [-0.39, 0.29) is 16.2 Å². The van der Waals surface area contributed by atoms with E-state index in [2.05, 4.69) is 28.5 Å². The number of fused-ring (bicyclic) bond motifs is 1. The second-order valence-electron chi connectivity index (χ2n) is 7.84. The molecule has 0 aliphatic heterocycles. The minimum atomic E-state index is -3.77. The summed E-state index contributed by atoms with van der Waals surface area (Å²) in [5.74, 6) is -0.256. The summed E-state index contributed by atoms with van der Waals surface area (Å²) in [5, 5.41) is 5.14. The van der Waals surface area contributed by atoms with Gasteiger partial charge in [0, 0.05) is 30.6 Å². The molecule has 0 atom stereocenters. The Kier molecular flexibility index (Phi) is 6.32. The molecule has 168 valence electrons. The number of nitrogens with one attached hydrogen (secondary N) is 1. The summed E-state index contributed by atoms with van der Waals surface area (Å²) >= 11 is 1.33. The Bertz CT molecular complexity index is 1270. The predicted molar refractivity (Wildman–Crippen MR) is 126 cm³/mol. The lowest BCUT2D eigenvalue weighted by atomic mass is 9.90. The van der Waals surface area contributed by atoms with Gasteiger partial charge < -0.3 is 4.74 Å². The Morgan fingerprint density at radius 2 is 1.84 bits per heavy atom. The number of hydrogen-bond donors (Lipinski definition) is 1. The Hall–Kier alpha value is -2.75. The van der Waals surface area contributed by atoms with Crippen molar-refractivity contribution in [1.29, 1.82) is 0 Å². The first-order chi connectivity index (χ1) is 15.3. The summed E-state index contributed by atoms with van der Waals surface area (Å²) in [5.41, 5.74) is 4.83. The number of benzene rings is 2. The van der Waals surface area contributed by atoms with Crippen LogP contribution in [0.15, 0.2) is 46.7 Å². The van der Waals surface area contributed by atoms with Crippen molar-refractivity contribution in [3.8, 4) is 17.0 Å². The molecule has 3 aromatic rings. The van der Waals surface area contributed by atoms with Gasteiger partial charge in [0.05, 0.1) is 12.8 Å². The van der Waals surface area contributed by atoms with Crippen molar-refractivity contribution in [3.63, 3.8) is 0 Å². The van der Waals surface area contributed by atoms with Gasteiger partial charge in [0.1, 0.15) is 10.6 Å². The normalized spacial score (nSPS) is 13.6. The Morgan fingerprint density at radius 1 is 1.09 bits per heavy atom. The van der Waals surface area contributed by atoms with Crippen molar-refractivity contribution in [3.05, 3.63) is 58.5 Å². The van der Waals surface area contributed by atoms with Crippen LogP contribution in [-0.2, 0) is 22.9 Å². The number of rotatable bonds is 6. The first-order valence-corrected chi connectivity index (χ1v) is 12.6. The number of hydrogen-bond acceptors (Lipinski definition) is 6. The number of sulfonamides is 1. The van der Waals surface area contributed by atoms with E-state index in [1.165, 1.54) is 74.7 Å². The number of nitrogens with zero attached hydrogens (tertiary/aromatic N) is 2. The molecule has 0 spiro atoms. The van der Waals surface area contributed by atoms with Gasteiger partial charge in [0.2, 0.25) is 10.0 Å². The monoisotopic (exact) mass is 471 g/mol. The highest BCUT2D eigenvalue weighted by molar-refractivity contribution is 7.89. The second kappa shape index (κ2) is 9.01. The number of methoxy groups -OCH3 is 1. The van der Waals surface area contributed by atoms with Crippen LogP contribution in [0.4, 0.5) is 5.13 Å². The number of amides is 1. The average molecular weight is 472 g/mol. The fraction of sp³-hybridized carbons (Fsp3) is 0.304. The van der Waals surface area contributed by atoms with Crippen molar-refractivity contribution in [2.45, 2.75) is 30.6 Å². The molecule has 1 aromatic heterocycles. The molecule has 0 unspecified atom stereocenters. The lowest BCUT2D eigenvalue weighted by Crippen LogP contribution is -2.23. The van der Waals surface area contributed by atoms with Crippen LogP contribution in [0, 0.1) is 0 Å². The standard InChI is InChI=1S/C23H25N3O4S2/c1-26(2)32(28,29)21-13-18(10-11-20(21)30-3)22(27)25-23-24-19(14-31-23)17-9-8-15-6-4-5-7-16(15)12-17/h8-14H,4-7H2,1-3H3,(H,24,25,27). The van der Waals surface area contributed by atoms with E-state index in [4.69, 9.17) is 4.74 Å². The third-order valence-electron chi connectivity index (χ3n) is 5.55. The van der Waals surface area contributed by atoms with E-state index < -0.39 is 15.9 Å². The number of ether oxygens (including phenoxy) is 1. The van der Waals surface area contributed by atoms with Crippen molar-refractivity contribution in [2.75, 3.05) is 26.5 Å². The summed E-state index contributed by atoms with van der Waals surface area (Å²) < 4.78 is 31.5. The Balaban J connectivity index is 1.56. The fourth-order valence-corrected chi connectivity index (χ4v) is 5.53. The number of carbonyl (C=O) groups is 1. The SMILES string of the molecule is COc1ccc(C(=O)Nc2nc(-c3ccc4c(c3)CCCC4)cs2)cc1S(=O)(=O)N(C)C. The van der Waals surface area contributed by atoms with Crippen LogP contribution in [0.2, 0.25) is 0 Å². The maximum Gasteiger partial charge on any atom is 0.257 e. The van der Waals surface area contributed by atoms with Crippen LogP contribution in [0.1, 0.15) is 34.3 Å². The molecule has 7 nitrogen and oxygen atoms in total. The van der Waals surface area contributed by atoms with E-state index in [9.17, 15) is 13.2 Å². The molecule has 1 heterocycles. The summed E-state index contributed by atoms with van der Waals surface area (Å²) in [6, 6.07) is 10.8. The fourth-order valence-electron chi connectivity index (χ4n) is 3.74. The second-order valence-corrected chi connectivity index (χ2v) is 10.8. The van der Waals surface area contributed by atoms with Gasteiger partial charge in [-0.1, -0.05) is 12.1 Å². The average Bonchev–Trinajstić information content (AvgIpc) is 3.26. The highest BCUT2D eigenvalue weighted by atomic mass is 32.2. The molecule has 0 radical (unpaired) electrons. The lowest BCUT2D eigenvalue weighted by Gasteiger charge is -2.16. The first kappa shape index (κ1) is 22.4. The molecule has 32 heavy (non-hydrogen) atoms. The number of thiazole rings is 1. The third kappa shape index (κ3) is 4.41. The van der Waals surface area contributed by atoms with Crippen LogP contribution in [0.25, 0.3) is 11.3 Å². The van der Waals surface area contributed by atoms with Crippen LogP contribution < -0.4 is 10.1 Å². The van der Waals surface area contributed by atoms with Crippen molar-refractivity contribution in [1.82, 2.24) is 9.29 Å². The maximum absolute atomic E-state index is 12.8. The summed E-state index contributed by atoms with van der Waals surface area (Å²) in [6.07, 6.45) is 4.66.